The van der Waals surface area contributed by atoms with Crippen molar-refractivity contribution in [2.24, 2.45) is 0 Å². The maximum absolute atomic E-state index is 12.2. The molecule has 0 radical (unpaired) electrons. The maximum atomic E-state index is 12.2. The van der Waals surface area contributed by atoms with Crippen molar-refractivity contribution < 1.29 is 14.5 Å². The molecule has 23 heavy (non-hydrogen) atoms. The number of nitrogens with zero attached hydrogens (tertiary/aromatic N) is 1. The summed E-state index contributed by atoms with van der Waals surface area (Å²) in [5.74, 6) is 0.106. The Morgan fingerprint density at radius 2 is 2.00 bits per heavy atom. The summed E-state index contributed by atoms with van der Waals surface area (Å²) in [6, 6.07) is 10.4. The van der Waals surface area contributed by atoms with E-state index < -0.39 is 10.8 Å². The van der Waals surface area contributed by atoms with E-state index in [9.17, 15) is 14.9 Å². The molecule has 0 aromatic heterocycles. The van der Waals surface area contributed by atoms with Crippen LogP contribution in [0.1, 0.15) is 10.4 Å². The number of non-ortho nitro benzene ring substituents is 1. The Morgan fingerprint density at radius 1 is 1.30 bits per heavy atom. The number of carbonyl (C=O) groups is 1. The first-order chi connectivity index (χ1) is 11.0. The van der Waals surface area contributed by atoms with Crippen molar-refractivity contribution in [2.75, 3.05) is 11.9 Å². The average Bonchev–Trinajstić information content (AvgIpc) is 2.54. The van der Waals surface area contributed by atoms with Crippen LogP contribution in [0.25, 0.3) is 0 Å². The van der Waals surface area contributed by atoms with E-state index in [0.717, 1.165) is 6.07 Å². The van der Waals surface area contributed by atoms with Gasteiger partial charge in [0.05, 0.1) is 15.5 Å². The van der Waals surface area contributed by atoms with E-state index in [-0.39, 0.29) is 16.3 Å². The van der Waals surface area contributed by atoms with Crippen LogP contribution < -0.4 is 10.1 Å². The van der Waals surface area contributed by atoms with Crippen LogP contribution in [0.15, 0.2) is 55.1 Å². The molecule has 0 atom stereocenters. The number of hydrogen-bond acceptors (Lipinski definition) is 4. The number of ether oxygens (including phenoxy) is 1. The van der Waals surface area contributed by atoms with E-state index in [1.54, 1.807) is 30.3 Å². The third kappa shape index (κ3) is 4.31. The number of hydrogen-bond donors (Lipinski definition) is 1. The summed E-state index contributed by atoms with van der Waals surface area (Å²) >= 11 is 5.93. The van der Waals surface area contributed by atoms with Gasteiger partial charge >= 0.3 is 0 Å². The van der Waals surface area contributed by atoms with E-state index in [0.29, 0.717) is 18.0 Å². The number of nitro benzene ring substituents is 1. The highest BCUT2D eigenvalue weighted by Crippen LogP contribution is 2.23. The number of nitro groups is 1. The second-order valence-corrected chi connectivity index (χ2v) is 4.91. The fourth-order valence-electron chi connectivity index (χ4n) is 1.79. The molecular weight excluding hydrogens is 320 g/mol. The second kappa shape index (κ2) is 7.42. The molecule has 2 aromatic rings. The van der Waals surface area contributed by atoms with Gasteiger partial charge in [0.25, 0.3) is 11.6 Å². The first-order valence-electron chi connectivity index (χ1n) is 6.60. The molecule has 0 aliphatic heterocycles. The summed E-state index contributed by atoms with van der Waals surface area (Å²) < 4.78 is 5.33. The number of rotatable bonds is 6. The summed E-state index contributed by atoms with van der Waals surface area (Å²) in [5.41, 5.74) is 0.351. The lowest BCUT2D eigenvalue weighted by atomic mass is 10.2. The minimum atomic E-state index is -0.584. The molecule has 7 heteroatoms. The number of halogens is 1. The van der Waals surface area contributed by atoms with Crippen molar-refractivity contribution in [1.82, 2.24) is 0 Å². The summed E-state index contributed by atoms with van der Waals surface area (Å²) in [6.07, 6.45) is 1.62. The number of carbonyl (C=O) groups excluding carboxylic acids is 1. The van der Waals surface area contributed by atoms with Crippen molar-refractivity contribution in [3.8, 4) is 5.75 Å². The van der Waals surface area contributed by atoms with Crippen LogP contribution in [0, 0.1) is 10.1 Å². The van der Waals surface area contributed by atoms with E-state index in [2.05, 4.69) is 11.9 Å². The SMILES string of the molecule is C=CCOc1ccc(NC(=O)c2cc([N+](=O)[O-])ccc2Cl)cc1. The van der Waals surface area contributed by atoms with Crippen LogP contribution in [0.5, 0.6) is 5.75 Å². The lowest BCUT2D eigenvalue weighted by Gasteiger charge is -2.08. The van der Waals surface area contributed by atoms with Gasteiger partial charge in [0.15, 0.2) is 0 Å². The molecule has 0 bridgehead atoms. The highest BCUT2D eigenvalue weighted by atomic mass is 35.5. The minimum absolute atomic E-state index is 0.0350. The first kappa shape index (κ1) is 16.5. The number of amides is 1. The monoisotopic (exact) mass is 332 g/mol. The van der Waals surface area contributed by atoms with E-state index in [1.807, 2.05) is 0 Å². The predicted molar refractivity (Wildman–Crippen MR) is 88.2 cm³/mol. The van der Waals surface area contributed by atoms with Gasteiger partial charge in [0.2, 0.25) is 0 Å². The molecule has 0 unspecified atom stereocenters. The second-order valence-electron chi connectivity index (χ2n) is 4.50. The summed E-state index contributed by atoms with van der Waals surface area (Å²) in [5, 5.41) is 13.5. The number of benzene rings is 2. The molecule has 2 rings (SSSR count). The Balaban J connectivity index is 2.14. The van der Waals surface area contributed by atoms with Gasteiger partial charge in [-0.15, -0.1) is 0 Å². The highest BCUT2D eigenvalue weighted by Gasteiger charge is 2.16. The van der Waals surface area contributed by atoms with E-state index in [1.165, 1.54) is 12.1 Å². The fraction of sp³-hybridized carbons (Fsp3) is 0.0625. The molecule has 118 valence electrons. The topological polar surface area (TPSA) is 81.5 Å². The lowest BCUT2D eigenvalue weighted by Crippen LogP contribution is -2.12. The Morgan fingerprint density at radius 3 is 2.61 bits per heavy atom. The molecule has 1 N–H and O–H groups in total. The van der Waals surface area contributed by atoms with E-state index in [4.69, 9.17) is 16.3 Å². The molecule has 0 fully saturated rings. The van der Waals surface area contributed by atoms with Gasteiger partial charge in [0, 0.05) is 17.8 Å². The van der Waals surface area contributed by atoms with Crippen molar-refractivity contribution in [3.05, 3.63) is 75.8 Å². The fourth-order valence-corrected chi connectivity index (χ4v) is 1.99. The van der Waals surface area contributed by atoms with Crippen LogP contribution in [-0.4, -0.2) is 17.4 Å². The zero-order valence-corrected chi connectivity index (χ0v) is 12.7. The van der Waals surface area contributed by atoms with Gasteiger partial charge in [-0.1, -0.05) is 24.3 Å². The quantitative estimate of drug-likeness (QED) is 0.491. The van der Waals surface area contributed by atoms with Gasteiger partial charge in [-0.2, -0.15) is 0 Å². The van der Waals surface area contributed by atoms with Crippen LogP contribution >= 0.6 is 11.6 Å². The van der Waals surface area contributed by atoms with Crippen molar-refractivity contribution >= 4 is 28.9 Å². The molecule has 0 aliphatic carbocycles. The number of nitrogens with one attached hydrogen (secondary N) is 1. The molecule has 6 nitrogen and oxygen atoms in total. The highest BCUT2D eigenvalue weighted by molar-refractivity contribution is 6.34. The first-order valence-corrected chi connectivity index (χ1v) is 6.98. The molecule has 2 aromatic carbocycles. The van der Waals surface area contributed by atoms with E-state index >= 15 is 0 Å². The number of anilines is 1. The third-order valence-electron chi connectivity index (χ3n) is 2.89. The standard InChI is InChI=1S/C16H13ClN2O4/c1-2-9-23-13-6-3-11(4-7-13)18-16(20)14-10-12(19(21)22)5-8-15(14)17/h2-8,10H,1,9H2,(H,18,20). The molecule has 0 saturated heterocycles. The summed E-state index contributed by atoms with van der Waals surface area (Å²) in [7, 11) is 0. The van der Waals surface area contributed by atoms with Crippen molar-refractivity contribution in [3.63, 3.8) is 0 Å². The van der Waals surface area contributed by atoms with Gasteiger partial charge < -0.3 is 10.1 Å². The lowest BCUT2D eigenvalue weighted by molar-refractivity contribution is -0.384. The zero-order chi connectivity index (χ0) is 16.8. The maximum Gasteiger partial charge on any atom is 0.270 e. The summed E-state index contributed by atoms with van der Waals surface area (Å²) in [4.78, 5) is 22.4. The smallest absolute Gasteiger partial charge is 0.270 e. The Labute approximate surface area is 137 Å². The molecule has 0 aliphatic rings. The third-order valence-corrected chi connectivity index (χ3v) is 3.22. The molecule has 0 spiro atoms. The largest absolute Gasteiger partial charge is 0.490 e. The average molecular weight is 333 g/mol. The van der Waals surface area contributed by atoms with Gasteiger partial charge in [-0.05, 0) is 30.3 Å². The van der Waals surface area contributed by atoms with Crippen molar-refractivity contribution in [2.45, 2.75) is 0 Å². The normalized spacial score (nSPS) is 9.96. The van der Waals surface area contributed by atoms with Crippen LogP contribution in [0.3, 0.4) is 0 Å². The minimum Gasteiger partial charge on any atom is -0.490 e. The van der Waals surface area contributed by atoms with Crippen molar-refractivity contribution in [1.29, 1.82) is 0 Å². The van der Waals surface area contributed by atoms with Crippen LogP contribution in [0.2, 0.25) is 5.02 Å². The molecular formula is C16H13ClN2O4. The van der Waals surface area contributed by atoms with Crippen LogP contribution in [0.4, 0.5) is 11.4 Å². The van der Waals surface area contributed by atoms with Gasteiger partial charge in [-0.25, -0.2) is 0 Å². The Bertz CT molecular complexity index is 744. The molecule has 0 heterocycles. The Kier molecular flexibility index (Phi) is 5.32. The van der Waals surface area contributed by atoms with Gasteiger partial charge in [0.1, 0.15) is 12.4 Å². The summed E-state index contributed by atoms with van der Waals surface area (Å²) in [6.45, 7) is 3.94. The van der Waals surface area contributed by atoms with Gasteiger partial charge in [-0.3, -0.25) is 14.9 Å². The zero-order valence-electron chi connectivity index (χ0n) is 12.0. The molecule has 0 saturated carbocycles. The Hall–Kier alpha value is -2.86. The van der Waals surface area contributed by atoms with Crippen LogP contribution in [-0.2, 0) is 0 Å². The molecule has 1 amide bonds. The predicted octanol–water partition coefficient (Wildman–Crippen LogP) is 4.07.